The van der Waals surface area contributed by atoms with Gasteiger partial charge < -0.3 is 0 Å². The number of unbranched alkanes of at least 4 members (excludes halogenated alkanes) is 1. The maximum Gasteiger partial charge on any atom is -0.0324 e. The van der Waals surface area contributed by atoms with Gasteiger partial charge in [-0.15, -0.1) is 0 Å². The molecule has 0 radical (unpaired) electrons. The summed E-state index contributed by atoms with van der Waals surface area (Å²) in [6, 6.07) is 0. The molecule has 0 heteroatoms. The van der Waals surface area contributed by atoms with Gasteiger partial charge in [0.2, 0.25) is 0 Å². The zero-order valence-corrected chi connectivity index (χ0v) is 8.01. The van der Waals surface area contributed by atoms with E-state index in [1.54, 1.807) is 0 Å². The van der Waals surface area contributed by atoms with Gasteiger partial charge in [0.15, 0.2) is 0 Å². The first-order valence-corrected chi connectivity index (χ1v) is 4.59. The monoisotopic (exact) mass is 152 g/mol. The molecular formula is C11H20. The van der Waals surface area contributed by atoms with Crippen LogP contribution in [0.4, 0.5) is 0 Å². The van der Waals surface area contributed by atoms with Crippen molar-refractivity contribution in [3.63, 3.8) is 0 Å². The van der Waals surface area contributed by atoms with Crippen molar-refractivity contribution < 1.29 is 0 Å². The molecule has 0 saturated carbocycles. The van der Waals surface area contributed by atoms with E-state index in [0.29, 0.717) is 0 Å². The van der Waals surface area contributed by atoms with E-state index in [4.69, 9.17) is 0 Å². The molecule has 0 fully saturated rings. The Kier molecular flexibility index (Phi) is 7.23. The summed E-state index contributed by atoms with van der Waals surface area (Å²) in [5.41, 5.74) is 0. The molecule has 0 aliphatic carbocycles. The molecule has 0 aliphatic rings. The molecule has 0 amide bonds. The van der Waals surface area contributed by atoms with Gasteiger partial charge >= 0.3 is 0 Å². The predicted molar refractivity (Wildman–Crippen MR) is 52.6 cm³/mol. The Morgan fingerprint density at radius 2 is 1.73 bits per heavy atom. The minimum absolute atomic E-state index is 0.783. The molecule has 0 rings (SSSR count). The fourth-order valence-electron chi connectivity index (χ4n) is 0.771. The van der Waals surface area contributed by atoms with Gasteiger partial charge in [0, 0.05) is 0 Å². The standard InChI is InChI=1S/C11H20/c1-4-5-6-7-8-9-10-11(2)3/h6-9,11H,4-5,10H2,1-3H3. The Hall–Kier alpha value is -0.520. The first-order valence-electron chi connectivity index (χ1n) is 4.59. The van der Waals surface area contributed by atoms with Gasteiger partial charge in [-0.2, -0.15) is 0 Å². The third kappa shape index (κ3) is 9.48. The smallest absolute Gasteiger partial charge is 0.0324 e. The second-order valence-electron chi connectivity index (χ2n) is 3.27. The summed E-state index contributed by atoms with van der Waals surface area (Å²) < 4.78 is 0. The third-order valence-electron chi connectivity index (χ3n) is 1.45. The molecule has 0 aliphatic heterocycles. The maximum atomic E-state index is 2.24. The first kappa shape index (κ1) is 10.5. The molecule has 0 aromatic rings. The van der Waals surface area contributed by atoms with Crippen LogP contribution in [0.15, 0.2) is 24.3 Å². The number of rotatable bonds is 5. The van der Waals surface area contributed by atoms with E-state index in [2.05, 4.69) is 45.1 Å². The zero-order chi connectivity index (χ0) is 8.53. The molecular weight excluding hydrogens is 132 g/mol. The molecule has 0 bridgehead atoms. The summed E-state index contributed by atoms with van der Waals surface area (Å²) in [5, 5.41) is 0. The van der Waals surface area contributed by atoms with E-state index in [1.807, 2.05) is 0 Å². The average Bonchev–Trinajstić information content (AvgIpc) is 1.96. The lowest BCUT2D eigenvalue weighted by Crippen LogP contribution is -1.80. The van der Waals surface area contributed by atoms with Crippen molar-refractivity contribution >= 4 is 0 Å². The van der Waals surface area contributed by atoms with Crippen LogP contribution in [-0.2, 0) is 0 Å². The van der Waals surface area contributed by atoms with Crippen LogP contribution in [0.25, 0.3) is 0 Å². The summed E-state index contributed by atoms with van der Waals surface area (Å²) in [5.74, 6) is 0.783. The van der Waals surface area contributed by atoms with Crippen molar-refractivity contribution in [1.82, 2.24) is 0 Å². The fourth-order valence-corrected chi connectivity index (χ4v) is 0.771. The van der Waals surface area contributed by atoms with Crippen molar-refractivity contribution in [2.24, 2.45) is 5.92 Å². The second-order valence-corrected chi connectivity index (χ2v) is 3.27. The molecule has 0 N–H and O–H groups in total. The molecule has 0 unspecified atom stereocenters. The fraction of sp³-hybridized carbons (Fsp3) is 0.636. The summed E-state index contributed by atoms with van der Waals surface area (Å²) in [6.07, 6.45) is 12.4. The summed E-state index contributed by atoms with van der Waals surface area (Å²) in [6.45, 7) is 6.67. The Labute approximate surface area is 71.0 Å². The summed E-state index contributed by atoms with van der Waals surface area (Å²) in [4.78, 5) is 0. The van der Waals surface area contributed by atoms with E-state index >= 15 is 0 Å². The highest BCUT2D eigenvalue weighted by molar-refractivity contribution is 5.02. The zero-order valence-electron chi connectivity index (χ0n) is 8.01. The SMILES string of the molecule is CCCC=CC=CCC(C)C. The van der Waals surface area contributed by atoms with E-state index < -0.39 is 0 Å². The van der Waals surface area contributed by atoms with Crippen LogP contribution in [0.2, 0.25) is 0 Å². The largest absolute Gasteiger partial charge is 0.0846 e. The van der Waals surface area contributed by atoms with Crippen molar-refractivity contribution in [1.29, 1.82) is 0 Å². The Balaban J connectivity index is 3.28. The molecule has 0 aromatic heterocycles. The molecule has 0 nitrogen and oxygen atoms in total. The maximum absolute atomic E-state index is 2.24. The second kappa shape index (κ2) is 7.59. The highest BCUT2D eigenvalue weighted by Gasteiger charge is 1.84. The topological polar surface area (TPSA) is 0 Å². The molecule has 0 saturated heterocycles. The molecule has 0 spiro atoms. The lowest BCUT2D eigenvalue weighted by Gasteiger charge is -1.94. The van der Waals surface area contributed by atoms with Gasteiger partial charge in [-0.3, -0.25) is 0 Å². The molecule has 11 heavy (non-hydrogen) atoms. The molecule has 0 aromatic carbocycles. The minimum Gasteiger partial charge on any atom is -0.0846 e. The Morgan fingerprint density at radius 1 is 1.09 bits per heavy atom. The van der Waals surface area contributed by atoms with Crippen LogP contribution < -0.4 is 0 Å². The van der Waals surface area contributed by atoms with E-state index in [-0.39, 0.29) is 0 Å². The van der Waals surface area contributed by atoms with Crippen molar-refractivity contribution in [3.05, 3.63) is 24.3 Å². The molecule has 0 heterocycles. The van der Waals surface area contributed by atoms with Crippen LogP contribution in [-0.4, -0.2) is 0 Å². The van der Waals surface area contributed by atoms with Gasteiger partial charge in [-0.1, -0.05) is 51.5 Å². The van der Waals surface area contributed by atoms with E-state index in [9.17, 15) is 0 Å². The third-order valence-corrected chi connectivity index (χ3v) is 1.45. The van der Waals surface area contributed by atoms with Crippen molar-refractivity contribution in [3.8, 4) is 0 Å². The summed E-state index contributed by atoms with van der Waals surface area (Å²) >= 11 is 0. The Morgan fingerprint density at radius 3 is 2.27 bits per heavy atom. The minimum atomic E-state index is 0.783. The predicted octanol–water partition coefficient (Wildman–Crippen LogP) is 3.95. The van der Waals surface area contributed by atoms with E-state index in [1.165, 1.54) is 19.3 Å². The van der Waals surface area contributed by atoms with Crippen LogP contribution in [0.3, 0.4) is 0 Å². The highest BCUT2D eigenvalue weighted by atomic mass is 13.9. The Bertz CT molecular complexity index is 118. The number of allylic oxidation sites excluding steroid dienone is 4. The van der Waals surface area contributed by atoms with Gasteiger partial charge in [-0.05, 0) is 18.8 Å². The van der Waals surface area contributed by atoms with Crippen LogP contribution in [0.5, 0.6) is 0 Å². The van der Waals surface area contributed by atoms with Crippen molar-refractivity contribution in [2.45, 2.75) is 40.0 Å². The quantitative estimate of drug-likeness (QED) is 0.523. The normalized spacial score (nSPS) is 12.4. The van der Waals surface area contributed by atoms with Gasteiger partial charge in [0.05, 0.1) is 0 Å². The lowest BCUT2D eigenvalue weighted by molar-refractivity contribution is 0.664. The molecule has 64 valence electrons. The lowest BCUT2D eigenvalue weighted by atomic mass is 10.1. The van der Waals surface area contributed by atoms with Gasteiger partial charge in [0.25, 0.3) is 0 Å². The molecule has 0 atom stereocenters. The van der Waals surface area contributed by atoms with Crippen LogP contribution in [0, 0.1) is 5.92 Å². The van der Waals surface area contributed by atoms with Crippen molar-refractivity contribution in [2.75, 3.05) is 0 Å². The summed E-state index contributed by atoms with van der Waals surface area (Å²) in [7, 11) is 0. The van der Waals surface area contributed by atoms with E-state index in [0.717, 1.165) is 5.92 Å². The number of hydrogen-bond donors (Lipinski definition) is 0. The average molecular weight is 152 g/mol. The van der Waals surface area contributed by atoms with Crippen LogP contribution >= 0.6 is 0 Å². The van der Waals surface area contributed by atoms with Gasteiger partial charge in [0.1, 0.15) is 0 Å². The van der Waals surface area contributed by atoms with Crippen LogP contribution in [0.1, 0.15) is 40.0 Å². The number of hydrogen-bond acceptors (Lipinski definition) is 0. The van der Waals surface area contributed by atoms with Gasteiger partial charge in [-0.25, -0.2) is 0 Å². The highest BCUT2D eigenvalue weighted by Crippen LogP contribution is 1.99. The first-order chi connectivity index (χ1) is 5.27.